The molecule has 0 radical (unpaired) electrons. The molecule has 0 aromatic heterocycles. The van der Waals surface area contributed by atoms with Crippen molar-refractivity contribution in [3.8, 4) is 0 Å². The average molecular weight is 380 g/mol. The molecule has 4 nitrogen and oxygen atoms in total. The van der Waals surface area contributed by atoms with E-state index in [1.54, 1.807) is 12.2 Å². The van der Waals surface area contributed by atoms with E-state index >= 15 is 0 Å². The number of hydrogen-bond acceptors (Lipinski definition) is 2. The van der Waals surface area contributed by atoms with Crippen molar-refractivity contribution in [3.05, 3.63) is 107 Å². The highest BCUT2D eigenvalue weighted by Crippen LogP contribution is 2.02. The zero-order valence-electron chi connectivity index (χ0n) is 16.8. The summed E-state index contributed by atoms with van der Waals surface area (Å²) in [5.74, 6) is -1.92. The lowest BCUT2D eigenvalue weighted by Gasteiger charge is -1.90. The molecule has 4 heteroatoms. The highest BCUT2D eigenvalue weighted by atomic mass is 16.4. The van der Waals surface area contributed by atoms with E-state index in [2.05, 4.69) is 0 Å². The lowest BCUT2D eigenvalue weighted by molar-refractivity contribution is -0.132. The van der Waals surface area contributed by atoms with Crippen molar-refractivity contribution in [3.63, 3.8) is 0 Å². The van der Waals surface area contributed by atoms with Crippen molar-refractivity contribution < 1.29 is 19.8 Å². The molecule has 0 amide bonds. The molecule has 0 rings (SSSR count). The van der Waals surface area contributed by atoms with Gasteiger partial charge in [-0.3, -0.25) is 0 Å². The third-order valence-electron chi connectivity index (χ3n) is 3.24. The molecular formula is C24H28O4. The van der Waals surface area contributed by atoms with Gasteiger partial charge in [-0.2, -0.15) is 0 Å². The molecule has 0 spiro atoms. The van der Waals surface area contributed by atoms with E-state index in [-0.39, 0.29) is 0 Å². The van der Waals surface area contributed by atoms with Crippen LogP contribution in [0, 0.1) is 0 Å². The zero-order chi connectivity index (χ0) is 21.4. The van der Waals surface area contributed by atoms with Crippen LogP contribution in [-0.2, 0) is 9.59 Å². The Labute approximate surface area is 167 Å². The standard InChI is InChI=1S/C24H28O4/c1-19(11-7-13-21(3)15-17-23(25)26)9-5-6-10-20(2)12-8-14-22(4)16-18-24(27)28/h5-18H,1-4H3,(H,25,26)(H,27,28)/b6-5+,11-7+,12-8?,17-15+,18-16?,19-9+,20-10?,21-13-,22-14?. The SMILES string of the molecule is CC(C=CC(=O)O)=CC=CC(C)=C/C=C/C=C(C)/C=C/C=C(C)\C=C\C(=O)O. The maximum Gasteiger partial charge on any atom is 0.328 e. The topological polar surface area (TPSA) is 74.6 Å². The van der Waals surface area contributed by atoms with Gasteiger partial charge in [0.1, 0.15) is 0 Å². The van der Waals surface area contributed by atoms with Gasteiger partial charge in [0.2, 0.25) is 0 Å². The largest absolute Gasteiger partial charge is 0.478 e. The van der Waals surface area contributed by atoms with Crippen LogP contribution in [0.5, 0.6) is 0 Å². The quantitative estimate of drug-likeness (QED) is 0.375. The zero-order valence-corrected chi connectivity index (χ0v) is 16.8. The number of carbonyl (C=O) groups is 2. The number of aliphatic carboxylic acids is 2. The number of carboxylic acid groups (broad SMARTS) is 2. The number of allylic oxidation sites excluding steroid dienone is 16. The summed E-state index contributed by atoms with van der Waals surface area (Å²) >= 11 is 0. The van der Waals surface area contributed by atoms with E-state index < -0.39 is 11.9 Å². The van der Waals surface area contributed by atoms with Crippen LogP contribution in [0.2, 0.25) is 0 Å². The molecule has 0 saturated carbocycles. The van der Waals surface area contributed by atoms with Gasteiger partial charge >= 0.3 is 11.9 Å². The molecule has 0 bridgehead atoms. The van der Waals surface area contributed by atoms with Crippen LogP contribution in [0.25, 0.3) is 0 Å². The minimum absolute atomic E-state index is 0.857. The molecule has 28 heavy (non-hydrogen) atoms. The van der Waals surface area contributed by atoms with Gasteiger partial charge in [-0.25, -0.2) is 9.59 Å². The van der Waals surface area contributed by atoms with Gasteiger partial charge in [0, 0.05) is 12.2 Å². The van der Waals surface area contributed by atoms with Gasteiger partial charge < -0.3 is 10.2 Å². The highest BCUT2D eigenvalue weighted by Gasteiger charge is 1.86. The first kappa shape index (κ1) is 24.6. The van der Waals surface area contributed by atoms with E-state index in [4.69, 9.17) is 10.2 Å². The van der Waals surface area contributed by atoms with E-state index in [9.17, 15) is 9.59 Å². The van der Waals surface area contributed by atoms with Crippen LogP contribution in [0.4, 0.5) is 0 Å². The summed E-state index contributed by atoms with van der Waals surface area (Å²) in [6.07, 6.45) is 24.5. The summed E-state index contributed by atoms with van der Waals surface area (Å²) in [5.41, 5.74) is 3.84. The molecule has 0 aromatic carbocycles. The molecule has 0 aliphatic carbocycles. The number of rotatable bonds is 10. The first-order valence-electron chi connectivity index (χ1n) is 8.74. The van der Waals surface area contributed by atoms with Gasteiger partial charge in [-0.15, -0.1) is 0 Å². The minimum atomic E-state index is -0.961. The van der Waals surface area contributed by atoms with Crippen molar-refractivity contribution >= 4 is 11.9 Å². The molecule has 0 heterocycles. The Kier molecular flexibility index (Phi) is 12.9. The molecule has 2 N–H and O–H groups in total. The number of hydrogen-bond donors (Lipinski definition) is 2. The summed E-state index contributed by atoms with van der Waals surface area (Å²) in [6, 6.07) is 0. The molecule has 0 atom stereocenters. The van der Waals surface area contributed by atoms with Crippen molar-refractivity contribution in [1.29, 1.82) is 0 Å². The normalized spacial score (nSPS) is 15.1. The van der Waals surface area contributed by atoms with E-state index in [1.165, 1.54) is 0 Å². The molecular weight excluding hydrogens is 352 g/mol. The van der Waals surface area contributed by atoms with E-state index in [1.807, 2.05) is 88.5 Å². The fraction of sp³-hybridized carbons (Fsp3) is 0.167. The second kappa shape index (κ2) is 14.7. The van der Waals surface area contributed by atoms with Crippen LogP contribution in [0.3, 0.4) is 0 Å². The molecule has 0 saturated heterocycles. The summed E-state index contributed by atoms with van der Waals surface area (Å²) in [4.78, 5) is 20.9. The smallest absolute Gasteiger partial charge is 0.328 e. The third-order valence-corrected chi connectivity index (χ3v) is 3.24. The van der Waals surface area contributed by atoms with Crippen molar-refractivity contribution in [2.75, 3.05) is 0 Å². The monoisotopic (exact) mass is 380 g/mol. The van der Waals surface area contributed by atoms with Crippen LogP contribution >= 0.6 is 0 Å². The third kappa shape index (κ3) is 16.1. The van der Waals surface area contributed by atoms with E-state index in [0.29, 0.717) is 0 Å². The Bertz CT molecular complexity index is 740. The summed E-state index contributed by atoms with van der Waals surface area (Å²) in [6.45, 7) is 7.63. The molecule has 0 fully saturated rings. The maximum absolute atomic E-state index is 10.4. The maximum atomic E-state index is 10.4. The van der Waals surface area contributed by atoms with Crippen LogP contribution in [0.1, 0.15) is 27.7 Å². The Balaban J connectivity index is 4.66. The van der Waals surface area contributed by atoms with Crippen molar-refractivity contribution in [2.45, 2.75) is 27.7 Å². The first-order valence-corrected chi connectivity index (χ1v) is 8.74. The van der Waals surface area contributed by atoms with Crippen molar-refractivity contribution in [2.24, 2.45) is 0 Å². The fourth-order valence-corrected chi connectivity index (χ4v) is 1.75. The van der Waals surface area contributed by atoms with Crippen LogP contribution in [0.15, 0.2) is 107 Å². The van der Waals surface area contributed by atoms with Gasteiger partial charge in [0.05, 0.1) is 0 Å². The summed E-state index contributed by atoms with van der Waals surface area (Å²) in [7, 11) is 0. The van der Waals surface area contributed by atoms with E-state index in [0.717, 1.165) is 34.4 Å². The van der Waals surface area contributed by atoms with Gasteiger partial charge in [-0.05, 0) is 27.7 Å². The minimum Gasteiger partial charge on any atom is -0.478 e. The Morgan fingerprint density at radius 2 is 0.750 bits per heavy atom. The van der Waals surface area contributed by atoms with Crippen molar-refractivity contribution in [1.82, 2.24) is 0 Å². The second-order valence-corrected chi connectivity index (χ2v) is 6.09. The van der Waals surface area contributed by atoms with Crippen LogP contribution in [-0.4, -0.2) is 22.2 Å². The van der Waals surface area contributed by atoms with Gasteiger partial charge in [-0.1, -0.05) is 95.2 Å². The van der Waals surface area contributed by atoms with Crippen LogP contribution < -0.4 is 0 Å². The predicted molar refractivity (Wildman–Crippen MR) is 116 cm³/mol. The molecule has 0 unspecified atom stereocenters. The highest BCUT2D eigenvalue weighted by molar-refractivity contribution is 5.80. The second-order valence-electron chi connectivity index (χ2n) is 6.09. The molecule has 148 valence electrons. The van der Waals surface area contributed by atoms with Gasteiger partial charge in [0.15, 0.2) is 0 Å². The lowest BCUT2D eigenvalue weighted by atomic mass is 10.2. The predicted octanol–water partition coefficient (Wildman–Crippen LogP) is 5.72. The van der Waals surface area contributed by atoms with Gasteiger partial charge in [0.25, 0.3) is 0 Å². The molecule has 0 aliphatic rings. The fourth-order valence-electron chi connectivity index (χ4n) is 1.75. The Morgan fingerprint density at radius 1 is 0.464 bits per heavy atom. The number of carboxylic acids is 2. The summed E-state index contributed by atoms with van der Waals surface area (Å²) < 4.78 is 0. The lowest BCUT2D eigenvalue weighted by Crippen LogP contribution is -1.85. The Hall–Kier alpha value is -3.40. The molecule has 0 aromatic rings. The Morgan fingerprint density at radius 3 is 1.07 bits per heavy atom. The first-order chi connectivity index (χ1) is 13.2. The molecule has 0 aliphatic heterocycles. The summed E-state index contributed by atoms with van der Waals surface area (Å²) in [5, 5.41) is 17.1. The average Bonchev–Trinajstić information content (AvgIpc) is 2.61.